The van der Waals surface area contributed by atoms with Crippen LogP contribution < -0.4 is 0 Å². The van der Waals surface area contributed by atoms with Gasteiger partial charge in [0.15, 0.2) is 0 Å². The molecule has 2 aromatic heterocycles. The number of hydrogen-bond acceptors (Lipinski definition) is 3. The molecule has 9 aromatic rings. The van der Waals surface area contributed by atoms with Crippen molar-refractivity contribution in [1.29, 1.82) is 0 Å². The van der Waals surface area contributed by atoms with Crippen LogP contribution in [0.2, 0.25) is 0 Å². The van der Waals surface area contributed by atoms with Gasteiger partial charge in [0.1, 0.15) is 0 Å². The molecule has 3 heteroatoms. The van der Waals surface area contributed by atoms with Crippen LogP contribution in [-0.2, 0) is 0 Å². The second-order valence-corrected chi connectivity index (χ2v) is 16.5. The van der Waals surface area contributed by atoms with Crippen LogP contribution in [0, 0.1) is 0 Å². The molecule has 2 unspecified atom stereocenters. The van der Waals surface area contributed by atoms with Gasteiger partial charge in [-0.05, 0) is 99.9 Å². The molecule has 0 N–H and O–H groups in total. The third-order valence-electron chi connectivity index (χ3n) is 10.8. The van der Waals surface area contributed by atoms with Crippen molar-refractivity contribution < 1.29 is 0 Å². The van der Waals surface area contributed by atoms with Crippen molar-refractivity contribution in [3.8, 4) is 32.0 Å². The zero-order valence-corrected chi connectivity index (χ0v) is 30.0. The van der Waals surface area contributed by atoms with E-state index >= 15 is 0 Å². The van der Waals surface area contributed by atoms with E-state index in [2.05, 4.69) is 169 Å². The molecule has 11 rings (SSSR count). The van der Waals surface area contributed by atoms with Crippen LogP contribution in [0.25, 0.3) is 80.7 Å². The highest BCUT2D eigenvalue weighted by Crippen LogP contribution is 2.56. The molecule has 240 valence electrons. The fourth-order valence-corrected chi connectivity index (χ4v) is 11.9. The molecule has 51 heavy (non-hydrogen) atoms. The van der Waals surface area contributed by atoms with Crippen LogP contribution in [0.1, 0.15) is 17.0 Å². The molecule has 7 aromatic carbocycles. The lowest BCUT2D eigenvalue weighted by molar-refractivity contribution is 0.895. The summed E-state index contributed by atoms with van der Waals surface area (Å²) in [6, 6.07) is 52.2. The minimum absolute atomic E-state index is 0.300. The summed E-state index contributed by atoms with van der Waals surface area (Å²) in [7, 11) is 0. The Morgan fingerprint density at radius 3 is 1.37 bits per heavy atom. The van der Waals surface area contributed by atoms with E-state index in [1.165, 1.54) is 96.7 Å². The normalized spacial score (nSPS) is 16.6. The molecule has 3 heterocycles. The summed E-state index contributed by atoms with van der Waals surface area (Å²) in [5.74, 6) is 0.322. The molecule has 0 amide bonds. The molecule has 0 radical (unpaired) electrons. The summed E-state index contributed by atoms with van der Waals surface area (Å²) < 4.78 is 0. The monoisotopic (exact) mass is 702 g/mol. The largest absolute Gasteiger partial charge is 0.144 e. The number of allylic oxidation sites excluding steroid dienone is 3. The van der Waals surface area contributed by atoms with E-state index < -0.39 is 0 Å². The average molecular weight is 703 g/mol. The molecule has 0 bridgehead atoms. The number of benzene rings is 7. The van der Waals surface area contributed by atoms with Gasteiger partial charge in [-0.3, -0.25) is 0 Å². The Bertz CT molecular complexity index is 2770. The van der Waals surface area contributed by atoms with Crippen molar-refractivity contribution in [3.63, 3.8) is 0 Å². The molecule has 0 fully saturated rings. The van der Waals surface area contributed by atoms with Gasteiger partial charge in [0, 0.05) is 36.9 Å². The van der Waals surface area contributed by atoms with Gasteiger partial charge in [-0.15, -0.1) is 34.4 Å². The van der Waals surface area contributed by atoms with Gasteiger partial charge >= 0.3 is 0 Å². The van der Waals surface area contributed by atoms with Crippen molar-refractivity contribution in [2.75, 3.05) is 0 Å². The Labute approximate surface area is 309 Å². The minimum Gasteiger partial charge on any atom is -0.144 e. The Balaban J connectivity index is 1.08. The molecule has 1 aliphatic carbocycles. The third-order valence-corrected chi connectivity index (χ3v) is 14.0. The molecule has 0 nitrogen and oxygen atoms in total. The average Bonchev–Trinajstić information content (AvgIpc) is 3.98. The fourth-order valence-electron chi connectivity index (χ4n) is 8.75. The summed E-state index contributed by atoms with van der Waals surface area (Å²) in [6.07, 6.45) is 7.13. The Morgan fingerprint density at radius 1 is 0.431 bits per heavy atom. The first-order valence-electron chi connectivity index (χ1n) is 17.5. The SMILES string of the molecule is C1=CC2c3ccc(-c4c5ccccc5c(-c5cccs5)c5ccccc45)cc3SC2C(c2c3ccccc3c(-c3cccs3)c3ccccc23)=C1. The van der Waals surface area contributed by atoms with E-state index in [0.717, 1.165) is 0 Å². The number of hydrogen-bond donors (Lipinski definition) is 0. The molecule has 0 saturated heterocycles. The molecule has 1 aliphatic heterocycles. The third kappa shape index (κ3) is 4.45. The number of thiophene rings is 2. The first kappa shape index (κ1) is 29.5. The number of rotatable bonds is 4. The van der Waals surface area contributed by atoms with Crippen LogP contribution in [0.3, 0.4) is 0 Å². The Hall–Kier alpha value is -5.19. The van der Waals surface area contributed by atoms with E-state index in [-0.39, 0.29) is 0 Å². The van der Waals surface area contributed by atoms with Gasteiger partial charge in [0.2, 0.25) is 0 Å². The van der Waals surface area contributed by atoms with Crippen molar-refractivity contribution in [3.05, 3.63) is 180 Å². The van der Waals surface area contributed by atoms with Crippen molar-refractivity contribution in [2.24, 2.45) is 0 Å². The Kier molecular flexibility index (Phi) is 6.76. The fraction of sp³-hybridized carbons (Fsp3) is 0.0417. The second-order valence-electron chi connectivity index (χ2n) is 13.5. The maximum absolute atomic E-state index is 2.49. The first-order chi connectivity index (χ1) is 25.3. The van der Waals surface area contributed by atoms with Gasteiger partial charge in [0.25, 0.3) is 0 Å². The summed E-state index contributed by atoms with van der Waals surface area (Å²) in [4.78, 5) is 4.03. The van der Waals surface area contributed by atoms with Gasteiger partial charge < -0.3 is 0 Å². The molecule has 0 spiro atoms. The second kappa shape index (κ2) is 11.7. The van der Waals surface area contributed by atoms with E-state index in [0.29, 0.717) is 11.2 Å². The molecule has 2 aliphatic rings. The van der Waals surface area contributed by atoms with Crippen LogP contribution in [0.5, 0.6) is 0 Å². The topological polar surface area (TPSA) is 0 Å². The summed E-state index contributed by atoms with van der Waals surface area (Å²) in [5.41, 5.74) is 9.53. The molecular formula is C48H30S3. The predicted molar refractivity (Wildman–Crippen MR) is 224 cm³/mol. The van der Waals surface area contributed by atoms with Crippen LogP contribution in [-0.4, -0.2) is 5.25 Å². The predicted octanol–water partition coefficient (Wildman–Crippen LogP) is 14.6. The number of thioether (sulfide) groups is 1. The zero-order valence-electron chi connectivity index (χ0n) is 27.5. The summed E-state index contributed by atoms with van der Waals surface area (Å²) >= 11 is 5.69. The lowest BCUT2D eigenvalue weighted by Crippen LogP contribution is -2.14. The number of fused-ring (bicyclic) bond motifs is 7. The highest BCUT2D eigenvalue weighted by atomic mass is 32.2. The van der Waals surface area contributed by atoms with Gasteiger partial charge in [-0.1, -0.05) is 140 Å². The van der Waals surface area contributed by atoms with E-state index in [4.69, 9.17) is 0 Å². The van der Waals surface area contributed by atoms with E-state index in [1.807, 2.05) is 34.4 Å². The highest BCUT2D eigenvalue weighted by Gasteiger charge is 2.37. The lowest BCUT2D eigenvalue weighted by atomic mass is 9.80. The van der Waals surface area contributed by atoms with Crippen LogP contribution in [0.4, 0.5) is 0 Å². The van der Waals surface area contributed by atoms with Gasteiger partial charge in [-0.25, -0.2) is 0 Å². The lowest BCUT2D eigenvalue weighted by Gasteiger charge is -2.26. The van der Waals surface area contributed by atoms with Gasteiger partial charge in [-0.2, -0.15) is 0 Å². The Morgan fingerprint density at radius 2 is 0.902 bits per heavy atom. The highest BCUT2D eigenvalue weighted by molar-refractivity contribution is 8.00. The van der Waals surface area contributed by atoms with Crippen LogP contribution >= 0.6 is 34.4 Å². The van der Waals surface area contributed by atoms with E-state index in [9.17, 15) is 0 Å². The summed E-state index contributed by atoms with van der Waals surface area (Å²) in [5, 5.41) is 15.2. The zero-order chi connectivity index (χ0) is 33.5. The van der Waals surface area contributed by atoms with E-state index in [1.54, 1.807) is 0 Å². The van der Waals surface area contributed by atoms with Crippen molar-refractivity contribution >= 4 is 83.1 Å². The molecule has 0 saturated carbocycles. The smallest absolute Gasteiger partial charge is 0.0454 e. The maximum Gasteiger partial charge on any atom is 0.0454 e. The quantitative estimate of drug-likeness (QED) is 0.165. The van der Waals surface area contributed by atoms with Crippen molar-refractivity contribution in [1.82, 2.24) is 0 Å². The summed E-state index contributed by atoms with van der Waals surface area (Å²) in [6.45, 7) is 0. The first-order valence-corrected chi connectivity index (χ1v) is 20.1. The maximum atomic E-state index is 2.49. The van der Waals surface area contributed by atoms with Crippen molar-refractivity contribution in [2.45, 2.75) is 16.1 Å². The standard InChI is InChI=1S/C48H30S3/c1-5-16-35-31(12-1)44(32-13-2-6-17-36(32)46(35)41-22-10-26-49-41)29-24-25-30-39-20-9-21-40(48(39)51-43(30)28-29)45-33-14-3-7-18-37(33)47(42-23-11-27-50-42)38-19-8-4-15-34(38)45/h1-28,39,48H. The van der Waals surface area contributed by atoms with Gasteiger partial charge in [0.05, 0.1) is 0 Å². The molecule has 2 atom stereocenters. The molecular weight excluding hydrogens is 673 g/mol. The minimum atomic E-state index is 0.300. The van der Waals surface area contributed by atoms with Crippen LogP contribution in [0.15, 0.2) is 173 Å².